The van der Waals surface area contributed by atoms with Crippen LogP contribution in [0.25, 0.3) is 0 Å². The number of nitro groups is 1. The number of aliphatic hydroxyl groups excluding tert-OH is 1. The van der Waals surface area contributed by atoms with Crippen molar-refractivity contribution in [2.45, 2.75) is 31.8 Å². The zero-order valence-electron chi connectivity index (χ0n) is 11.1. The number of nitrogens with one attached hydrogen (secondary N) is 1. The van der Waals surface area contributed by atoms with Crippen molar-refractivity contribution in [2.75, 3.05) is 6.54 Å². The summed E-state index contributed by atoms with van der Waals surface area (Å²) in [4.78, 5) is 22.1. The van der Waals surface area contributed by atoms with Crippen molar-refractivity contribution in [2.24, 2.45) is 5.92 Å². The van der Waals surface area contributed by atoms with Gasteiger partial charge in [-0.3, -0.25) is 14.9 Å². The maximum absolute atomic E-state index is 12.0. The second kappa shape index (κ2) is 6.47. The Bertz CT molecular complexity index is 504. The summed E-state index contributed by atoms with van der Waals surface area (Å²) in [6.07, 6.45) is 3.40. The quantitative estimate of drug-likeness (QED) is 0.649. The Kier molecular flexibility index (Phi) is 4.68. The maximum atomic E-state index is 12.0. The van der Waals surface area contributed by atoms with E-state index in [0.717, 1.165) is 25.7 Å². The molecule has 1 amide bonds. The molecule has 0 bridgehead atoms. The first kappa shape index (κ1) is 14.5. The lowest BCUT2D eigenvalue weighted by Gasteiger charge is -2.27. The molecule has 20 heavy (non-hydrogen) atoms. The summed E-state index contributed by atoms with van der Waals surface area (Å²) in [6.45, 7) is 0.405. The van der Waals surface area contributed by atoms with Gasteiger partial charge in [-0.05, 0) is 18.9 Å². The summed E-state index contributed by atoms with van der Waals surface area (Å²) >= 11 is 0. The smallest absolute Gasteiger partial charge is 0.270 e. The Balaban J connectivity index is 1.94. The Morgan fingerprint density at radius 3 is 2.85 bits per heavy atom. The molecule has 108 valence electrons. The zero-order valence-corrected chi connectivity index (χ0v) is 11.1. The van der Waals surface area contributed by atoms with Crippen LogP contribution in [0.4, 0.5) is 5.69 Å². The van der Waals surface area contributed by atoms with E-state index in [2.05, 4.69) is 5.32 Å². The van der Waals surface area contributed by atoms with Crippen molar-refractivity contribution >= 4 is 11.6 Å². The summed E-state index contributed by atoms with van der Waals surface area (Å²) < 4.78 is 0. The van der Waals surface area contributed by atoms with Crippen molar-refractivity contribution in [3.05, 3.63) is 39.9 Å². The molecular formula is C14H18N2O4. The van der Waals surface area contributed by atoms with E-state index in [1.165, 1.54) is 18.2 Å². The number of carbonyl (C=O) groups excluding carboxylic acids is 1. The average Bonchev–Trinajstić information content (AvgIpc) is 2.46. The number of nitrogens with zero attached hydrogens (tertiary/aromatic N) is 1. The van der Waals surface area contributed by atoms with Gasteiger partial charge in [0, 0.05) is 30.2 Å². The lowest BCUT2D eigenvalue weighted by atomic mass is 9.86. The van der Waals surface area contributed by atoms with E-state index in [0.29, 0.717) is 6.54 Å². The van der Waals surface area contributed by atoms with Gasteiger partial charge in [0.2, 0.25) is 0 Å². The predicted molar refractivity (Wildman–Crippen MR) is 73.4 cm³/mol. The summed E-state index contributed by atoms with van der Waals surface area (Å²) in [5, 5.41) is 23.2. The highest BCUT2D eigenvalue weighted by atomic mass is 16.6. The molecule has 6 nitrogen and oxygen atoms in total. The van der Waals surface area contributed by atoms with Crippen LogP contribution in [0.5, 0.6) is 0 Å². The lowest BCUT2D eigenvalue weighted by Crippen LogP contribution is -2.36. The molecule has 0 aliphatic heterocycles. The lowest BCUT2D eigenvalue weighted by molar-refractivity contribution is -0.384. The Morgan fingerprint density at radius 2 is 2.15 bits per heavy atom. The Morgan fingerprint density at radius 1 is 1.40 bits per heavy atom. The van der Waals surface area contributed by atoms with Crippen LogP contribution < -0.4 is 5.32 Å². The first-order chi connectivity index (χ1) is 9.58. The second-order valence-electron chi connectivity index (χ2n) is 5.13. The molecule has 1 aliphatic rings. The van der Waals surface area contributed by atoms with E-state index in [-0.39, 0.29) is 29.2 Å². The van der Waals surface area contributed by atoms with E-state index >= 15 is 0 Å². The molecule has 2 unspecified atom stereocenters. The van der Waals surface area contributed by atoms with Crippen LogP contribution in [-0.2, 0) is 0 Å². The van der Waals surface area contributed by atoms with Gasteiger partial charge in [-0.1, -0.05) is 18.9 Å². The Labute approximate surface area is 117 Å². The van der Waals surface area contributed by atoms with Gasteiger partial charge in [-0.15, -0.1) is 0 Å². The molecule has 0 aromatic heterocycles. The molecule has 1 aromatic carbocycles. The highest BCUT2D eigenvalue weighted by molar-refractivity contribution is 5.94. The zero-order chi connectivity index (χ0) is 14.5. The van der Waals surface area contributed by atoms with Crippen molar-refractivity contribution in [1.29, 1.82) is 0 Å². The number of amides is 1. The fourth-order valence-electron chi connectivity index (χ4n) is 2.51. The Hall–Kier alpha value is -1.95. The van der Waals surface area contributed by atoms with Crippen LogP contribution >= 0.6 is 0 Å². The fraction of sp³-hybridized carbons (Fsp3) is 0.500. The molecule has 1 aromatic rings. The van der Waals surface area contributed by atoms with E-state index in [1.54, 1.807) is 6.07 Å². The van der Waals surface area contributed by atoms with Gasteiger partial charge >= 0.3 is 0 Å². The van der Waals surface area contributed by atoms with Gasteiger partial charge < -0.3 is 10.4 Å². The molecule has 0 heterocycles. The maximum Gasteiger partial charge on any atom is 0.270 e. The van der Waals surface area contributed by atoms with Crippen LogP contribution in [0.2, 0.25) is 0 Å². The minimum absolute atomic E-state index is 0.0754. The molecule has 1 aliphatic carbocycles. The number of benzene rings is 1. The highest BCUT2D eigenvalue weighted by Crippen LogP contribution is 2.23. The standard InChI is InChI=1S/C14H18N2O4/c17-13-7-2-1-4-11(13)9-15-14(18)10-5-3-6-12(8-10)16(19)20/h3,5-6,8,11,13,17H,1-2,4,7,9H2,(H,15,18). The third-order valence-electron chi connectivity index (χ3n) is 3.71. The molecule has 0 saturated heterocycles. The first-order valence-electron chi connectivity index (χ1n) is 6.78. The van der Waals surface area contributed by atoms with Gasteiger partial charge in [-0.25, -0.2) is 0 Å². The molecule has 2 atom stereocenters. The SMILES string of the molecule is O=C(NCC1CCCCC1O)c1cccc([N+](=O)[O-])c1. The largest absolute Gasteiger partial charge is 0.393 e. The van der Waals surface area contributed by atoms with Crippen molar-refractivity contribution in [3.8, 4) is 0 Å². The number of carbonyl (C=O) groups is 1. The molecule has 0 radical (unpaired) electrons. The molecule has 2 N–H and O–H groups in total. The normalized spacial score (nSPS) is 22.2. The van der Waals surface area contributed by atoms with Crippen LogP contribution in [0.15, 0.2) is 24.3 Å². The minimum atomic E-state index is -0.526. The number of non-ortho nitro benzene ring substituents is 1. The monoisotopic (exact) mass is 278 g/mol. The van der Waals surface area contributed by atoms with Gasteiger partial charge in [0.15, 0.2) is 0 Å². The van der Waals surface area contributed by atoms with Gasteiger partial charge in [0.25, 0.3) is 11.6 Å². The summed E-state index contributed by atoms with van der Waals surface area (Å²) in [7, 11) is 0. The third-order valence-corrected chi connectivity index (χ3v) is 3.71. The van der Waals surface area contributed by atoms with Crippen LogP contribution in [-0.4, -0.2) is 28.6 Å². The van der Waals surface area contributed by atoms with Gasteiger partial charge in [-0.2, -0.15) is 0 Å². The van der Waals surface area contributed by atoms with Gasteiger partial charge in [0.1, 0.15) is 0 Å². The molecule has 0 spiro atoms. The molecule has 6 heteroatoms. The number of rotatable bonds is 4. The molecule has 1 saturated carbocycles. The second-order valence-corrected chi connectivity index (χ2v) is 5.13. The summed E-state index contributed by atoms with van der Waals surface area (Å²) in [5.74, 6) is -0.266. The van der Waals surface area contributed by atoms with E-state index in [1.807, 2.05) is 0 Å². The number of hydrogen-bond acceptors (Lipinski definition) is 4. The number of hydrogen-bond donors (Lipinski definition) is 2. The van der Waals surface area contributed by atoms with Gasteiger partial charge in [0.05, 0.1) is 11.0 Å². The first-order valence-corrected chi connectivity index (χ1v) is 6.78. The van der Waals surface area contributed by atoms with Crippen LogP contribution in [0, 0.1) is 16.0 Å². The third kappa shape index (κ3) is 3.54. The minimum Gasteiger partial charge on any atom is -0.393 e. The molecule has 1 fully saturated rings. The van der Waals surface area contributed by atoms with Crippen molar-refractivity contribution < 1.29 is 14.8 Å². The van der Waals surface area contributed by atoms with Crippen molar-refractivity contribution in [3.63, 3.8) is 0 Å². The number of aliphatic hydroxyl groups is 1. The summed E-state index contributed by atoms with van der Waals surface area (Å²) in [6, 6.07) is 5.64. The topological polar surface area (TPSA) is 92.5 Å². The van der Waals surface area contributed by atoms with E-state index in [9.17, 15) is 20.0 Å². The van der Waals surface area contributed by atoms with E-state index < -0.39 is 4.92 Å². The molecular weight excluding hydrogens is 260 g/mol. The fourth-order valence-corrected chi connectivity index (χ4v) is 2.51. The molecule has 2 rings (SSSR count). The van der Waals surface area contributed by atoms with Crippen LogP contribution in [0.3, 0.4) is 0 Å². The highest BCUT2D eigenvalue weighted by Gasteiger charge is 2.23. The average molecular weight is 278 g/mol. The predicted octanol–water partition coefficient (Wildman–Crippen LogP) is 1.88. The van der Waals surface area contributed by atoms with Crippen LogP contribution in [0.1, 0.15) is 36.0 Å². The summed E-state index contributed by atoms with van der Waals surface area (Å²) in [5.41, 5.74) is 0.167. The number of nitro benzene ring substituents is 1. The van der Waals surface area contributed by atoms with Crippen molar-refractivity contribution in [1.82, 2.24) is 5.32 Å². The van der Waals surface area contributed by atoms with E-state index in [4.69, 9.17) is 0 Å².